The number of hydrogen-bond donors (Lipinski definition) is 4. The lowest BCUT2D eigenvalue weighted by Gasteiger charge is -2.53. The van der Waals surface area contributed by atoms with Gasteiger partial charge in [-0.05, 0) is 93.6 Å². The fraction of sp³-hybridized carbons (Fsp3) is 0.600. The molecule has 0 radical (unpaired) electrons. The van der Waals surface area contributed by atoms with Gasteiger partial charge in [0.1, 0.15) is 23.7 Å². The molecule has 1 aromatic carbocycles. The number of nitrogens with one attached hydrogen (secondary N) is 4. The van der Waals surface area contributed by atoms with E-state index in [1.165, 1.54) is 25.5 Å². The average molecular weight is 743 g/mol. The Morgan fingerprint density at radius 2 is 1.28 bits per heavy atom. The van der Waals surface area contributed by atoms with Crippen LogP contribution in [-0.4, -0.2) is 93.1 Å². The van der Waals surface area contributed by atoms with Gasteiger partial charge in [0.25, 0.3) is 0 Å². The molecular formula is C40H54N8O6. The highest BCUT2D eigenvalue weighted by Gasteiger charge is 2.51. The lowest BCUT2D eigenvalue weighted by Crippen LogP contribution is -2.51. The van der Waals surface area contributed by atoms with Crippen molar-refractivity contribution in [2.24, 2.45) is 5.92 Å². The number of carbonyl (C=O) groups is 4. The monoisotopic (exact) mass is 742 g/mol. The molecule has 4 amide bonds. The van der Waals surface area contributed by atoms with Crippen LogP contribution in [0.2, 0.25) is 0 Å². The number of amides is 4. The van der Waals surface area contributed by atoms with Crippen LogP contribution in [0.5, 0.6) is 0 Å². The number of alkyl carbamates (subject to hydrolysis) is 2. The summed E-state index contributed by atoms with van der Waals surface area (Å²) in [6, 6.07) is 7.26. The molecule has 2 aromatic heterocycles. The minimum Gasteiger partial charge on any atom is -0.453 e. The fourth-order valence-corrected chi connectivity index (χ4v) is 9.51. The van der Waals surface area contributed by atoms with E-state index in [-0.39, 0.29) is 40.6 Å². The Bertz CT molecular complexity index is 1830. The molecular weight excluding hydrogens is 688 g/mol. The first-order valence-corrected chi connectivity index (χ1v) is 19.5. The lowest BCUT2D eigenvalue weighted by molar-refractivity contribution is -0.135. The van der Waals surface area contributed by atoms with Gasteiger partial charge in [0.2, 0.25) is 11.8 Å². The number of hydrogen-bond acceptors (Lipinski definition) is 8. The third kappa shape index (κ3) is 6.95. The van der Waals surface area contributed by atoms with Crippen LogP contribution in [0.4, 0.5) is 9.59 Å². The lowest BCUT2D eigenvalue weighted by atomic mass is 9.51. The zero-order valence-electron chi connectivity index (χ0n) is 32.1. The van der Waals surface area contributed by atoms with Gasteiger partial charge in [-0.15, -0.1) is 0 Å². The number of carbonyl (C=O) groups excluding carboxylic acids is 4. The fourth-order valence-electron chi connectivity index (χ4n) is 9.51. The maximum Gasteiger partial charge on any atom is 0.407 e. The van der Waals surface area contributed by atoms with Gasteiger partial charge >= 0.3 is 12.2 Å². The predicted molar refractivity (Wildman–Crippen MR) is 200 cm³/mol. The molecule has 3 saturated carbocycles. The first-order valence-electron chi connectivity index (χ1n) is 19.5. The van der Waals surface area contributed by atoms with Gasteiger partial charge in [0, 0.05) is 30.4 Å². The molecule has 4 N–H and O–H groups in total. The van der Waals surface area contributed by atoms with E-state index in [1.54, 1.807) is 6.92 Å². The van der Waals surface area contributed by atoms with E-state index in [2.05, 4.69) is 49.6 Å². The van der Waals surface area contributed by atoms with Crippen molar-refractivity contribution < 1.29 is 28.7 Å². The number of aromatic nitrogens is 4. The van der Waals surface area contributed by atoms with Crippen molar-refractivity contribution in [1.29, 1.82) is 0 Å². The number of aromatic amines is 2. The molecule has 2 saturated heterocycles. The maximum atomic E-state index is 13.6. The zero-order valence-corrected chi connectivity index (χ0v) is 32.1. The summed E-state index contributed by atoms with van der Waals surface area (Å²) in [7, 11) is 2.59. The van der Waals surface area contributed by atoms with Crippen LogP contribution < -0.4 is 10.6 Å². The summed E-state index contributed by atoms with van der Waals surface area (Å²) in [5.74, 6) is 1.25. The SMILES string of the molecule is COC(=O)N[C@H](C)C(=O)N1CCC[C@H]1c1ncc(C23CCC(c4ccc(-c5cnc([C@@H]6CCCN6C(=O)[C@H](NC(=O)OC)C(C)C)[nH]5)cc4)(CC2)CC3)[nH]1. The Balaban J connectivity index is 0.989. The number of fused-ring (bicyclic) bond motifs is 3. The van der Waals surface area contributed by atoms with Crippen LogP contribution in [-0.2, 0) is 29.9 Å². The molecule has 54 heavy (non-hydrogen) atoms. The standard InChI is InChI=1S/C40H54N8O6/c1-24(2)32(46-38(52)54-5)36(50)48-21-7-8-29(48)33-41-22-28(44-33)26-10-12-27(13-11-26)39-14-17-40(18-15-39,19-16-39)31-23-42-34(45-31)30-9-6-20-47(30)35(49)25(3)43-37(51)53-4/h10-13,22-25,29-30,32H,6-9,14-21H2,1-5H3,(H,41,44)(H,42,45)(H,43,51)(H,46,52)/t25-,29+,30+,32-,39?,40?/m1/s1. The first kappa shape index (κ1) is 37.4. The van der Waals surface area contributed by atoms with Gasteiger partial charge in [-0.3, -0.25) is 9.59 Å². The van der Waals surface area contributed by atoms with Crippen molar-refractivity contribution in [1.82, 2.24) is 40.4 Å². The zero-order chi connectivity index (χ0) is 38.2. The number of rotatable bonds is 10. The van der Waals surface area contributed by atoms with Gasteiger partial charge < -0.3 is 39.9 Å². The molecule has 290 valence electrons. The van der Waals surface area contributed by atoms with Crippen molar-refractivity contribution in [3.8, 4) is 11.3 Å². The summed E-state index contributed by atoms with van der Waals surface area (Å²) < 4.78 is 9.45. The first-order chi connectivity index (χ1) is 26.0. The summed E-state index contributed by atoms with van der Waals surface area (Å²) >= 11 is 0. The summed E-state index contributed by atoms with van der Waals surface area (Å²) in [5, 5.41) is 5.31. The summed E-state index contributed by atoms with van der Waals surface area (Å²) in [6.45, 7) is 6.76. The number of benzene rings is 1. The normalized spacial score (nSPS) is 26.1. The number of likely N-dealkylation sites (tertiary alicyclic amines) is 2. The number of methoxy groups -OCH3 is 2. The Morgan fingerprint density at radius 1 is 0.741 bits per heavy atom. The maximum absolute atomic E-state index is 13.6. The summed E-state index contributed by atoms with van der Waals surface area (Å²) in [5.41, 5.74) is 4.74. The molecule has 5 fully saturated rings. The molecule has 14 nitrogen and oxygen atoms in total. The Hall–Kier alpha value is -4.88. The van der Waals surface area contributed by atoms with Gasteiger partial charge in [-0.2, -0.15) is 0 Å². The Kier molecular flexibility index (Phi) is 10.5. The second-order valence-electron chi connectivity index (χ2n) is 16.1. The topological polar surface area (TPSA) is 175 Å². The van der Waals surface area contributed by atoms with Crippen molar-refractivity contribution in [2.45, 2.75) is 120 Å². The number of nitrogens with zero attached hydrogens (tertiary/aromatic N) is 4. The highest BCUT2D eigenvalue weighted by atomic mass is 16.5. The Morgan fingerprint density at radius 3 is 1.87 bits per heavy atom. The largest absolute Gasteiger partial charge is 0.453 e. The van der Waals surface area contributed by atoms with Crippen molar-refractivity contribution in [3.63, 3.8) is 0 Å². The number of H-pyrrole nitrogens is 2. The molecule has 4 heterocycles. The van der Waals surface area contributed by atoms with Crippen LogP contribution in [0, 0.1) is 5.92 Å². The van der Waals surface area contributed by atoms with Crippen molar-refractivity contribution >= 4 is 24.0 Å². The molecule has 2 bridgehead atoms. The molecule has 0 unspecified atom stereocenters. The molecule has 3 aliphatic carbocycles. The van der Waals surface area contributed by atoms with E-state index in [4.69, 9.17) is 14.7 Å². The van der Waals surface area contributed by atoms with Gasteiger partial charge in [0.15, 0.2) is 0 Å². The van der Waals surface area contributed by atoms with Gasteiger partial charge in [-0.25, -0.2) is 19.6 Å². The molecule has 5 aliphatic rings. The molecule has 14 heteroatoms. The number of ether oxygens (including phenoxy) is 2. The van der Waals surface area contributed by atoms with Crippen molar-refractivity contribution in [2.75, 3.05) is 27.3 Å². The second-order valence-corrected chi connectivity index (χ2v) is 16.1. The third-order valence-electron chi connectivity index (χ3n) is 12.8. The molecule has 0 spiro atoms. The summed E-state index contributed by atoms with van der Waals surface area (Å²) in [6.07, 6.45) is 12.6. The number of imidazole rings is 2. The summed E-state index contributed by atoms with van der Waals surface area (Å²) in [4.78, 5) is 70.9. The van der Waals surface area contributed by atoms with Crippen LogP contribution in [0.25, 0.3) is 11.3 Å². The van der Waals surface area contributed by atoms with Crippen LogP contribution in [0.3, 0.4) is 0 Å². The van der Waals surface area contributed by atoms with Crippen LogP contribution >= 0.6 is 0 Å². The van der Waals surface area contributed by atoms with Gasteiger partial charge in [0.05, 0.1) is 38.2 Å². The highest BCUT2D eigenvalue weighted by molar-refractivity contribution is 5.87. The third-order valence-corrected chi connectivity index (χ3v) is 12.8. The average Bonchev–Trinajstić information content (AvgIpc) is 4.03. The van der Waals surface area contributed by atoms with E-state index in [1.807, 2.05) is 36.0 Å². The highest BCUT2D eigenvalue weighted by Crippen LogP contribution is 2.58. The molecule has 3 aromatic rings. The van der Waals surface area contributed by atoms with E-state index < -0.39 is 24.3 Å². The molecule has 4 atom stereocenters. The van der Waals surface area contributed by atoms with E-state index in [0.29, 0.717) is 13.1 Å². The minimum atomic E-state index is -0.677. The minimum absolute atomic E-state index is 0.0620. The quantitative estimate of drug-likeness (QED) is 0.202. The van der Waals surface area contributed by atoms with Gasteiger partial charge in [-0.1, -0.05) is 38.1 Å². The van der Waals surface area contributed by atoms with Crippen LogP contribution in [0.15, 0.2) is 36.7 Å². The van der Waals surface area contributed by atoms with E-state index >= 15 is 0 Å². The second kappa shape index (κ2) is 15.1. The smallest absolute Gasteiger partial charge is 0.407 e. The van der Waals surface area contributed by atoms with E-state index in [0.717, 1.165) is 87.1 Å². The van der Waals surface area contributed by atoms with Crippen LogP contribution in [0.1, 0.15) is 120 Å². The molecule has 8 rings (SSSR count). The van der Waals surface area contributed by atoms with E-state index in [9.17, 15) is 19.2 Å². The molecule has 2 aliphatic heterocycles. The van der Waals surface area contributed by atoms with Crippen molar-refractivity contribution in [3.05, 3.63) is 59.6 Å². The predicted octanol–water partition coefficient (Wildman–Crippen LogP) is 5.80. The Labute approximate surface area is 316 Å².